The summed E-state index contributed by atoms with van der Waals surface area (Å²) in [5.41, 5.74) is 0.222. The lowest BCUT2D eigenvalue weighted by Crippen LogP contribution is -2.40. The molecule has 2 rings (SSSR count). The second-order valence-corrected chi connectivity index (χ2v) is 7.86. The van der Waals surface area contributed by atoms with E-state index in [1.807, 2.05) is 13.8 Å². The standard InChI is InChI=1S/C17H24N2O6S/c1-12(2)25-10-9-18-26(22,23)15-11-13(7-8-14(15)24-3)19-16(20)5-4-6-17(19)21/h7-8,11-12,18H,4-6,9-10H2,1-3H3. The zero-order chi connectivity index (χ0) is 19.3. The van der Waals surface area contributed by atoms with Crippen molar-refractivity contribution in [2.45, 2.75) is 44.1 Å². The fourth-order valence-electron chi connectivity index (χ4n) is 2.60. The monoisotopic (exact) mass is 384 g/mol. The maximum Gasteiger partial charge on any atom is 0.244 e. The van der Waals surface area contributed by atoms with E-state index in [2.05, 4.69) is 4.72 Å². The van der Waals surface area contributed by atoms with E-state index < -0.39 is 10.0 Å². The van der Waals surface area contributed by atoms with Crippen LogP contribution in [0.1, 0.15) is 33.1 Å². The molecule has 0 radical (unpaired) electrons. The highest BCUT2D eigenvalue weighted by atomic mass is 32.2. The lowest BCUT2D eigenvalue weighted by Gasteiger charge is -2.25. The number of nitrogens with one attached hydrogen (secondary N) is 1. The van der Waals surface area contributed by atoms with Crippen molar-refractivity contribution in [3.05, 3.63) is 18.2 Å². The van der Waals surface area contributed by atoms with E-state index in [1.165, 1.54) is 25.3 Å². The highest BCUT2D eigenvalue weighted by Gasteiger charge is 2.29. The van der Waals surface area contributed by atoms with Crippen molar-refractivity contribution >= 4 is 27.5 Å². The normalized spacial score (nSPS) is 15.6. The lowest BCUT2D eigenvalue weighted by atomic mass is 10.1. The number of nitrogens with zero attached hydrogens (tertiary/aromatic N) is 1. The van der Waals surface area contributed by atoms with Crippen LogP contribution < -0.4 is 14.4 Å². The fourth-order valence-corrected chi connectivity index (χ4v) is 3.80. The van der Waals surface area contributed by atoms with Gasteiger partial charge in [0, 0.05) is 19.4 Å². The summed E-state index contributed by atoms with van der Waals surface area (Å²) in [6.07, 6.45) is 1.01. The molecule has 8 nitrogen and oxygen atoms in total. The first-order valence-electron chi connectivity index (χ1n) is 8.41. The SMILES string of the molecule is COc1ccc(N2C(=O)CCCC2=O)cc1S(=O)(=O)NCCOC(C)C. The molecule has 144 valence electrons. The molecule has 1 saturated heterocycles. The summed E-state index contributed by atoms with van der Waals surface area (Å²) in [6.45, 7) is 4.03. The minimum absolute atomic E-state index is 0.00602. The number of sulfonamides is 1. The third kappa shape index (κ3) is 4.80. The van der Waals surface area contributed by atoms with Crippen LogP contribution in [-0.4, -0.2) is 46.6 Å². The van der Waals surface area contributed by atoms with E-state index in [0.29, 0.717) is 6.42 Å². The topological polar surface area (TPSA) is 102 Å². The summed E-state index contributed by atoms with van der Waals surface area (Å²) >= 11 is 0. The molecule has 0 atom stereocenters. The first kappa shape index (κ1) is 20.3. The molecule has 1 aromatic rings. The summed E-state index contributed by atoms with van der Waals surface area (Å²) in [5.74, 6) is -0.552. The Morgan fingerprint density at radius 3 is 2.42 bits per heavy atom. The zero-order valence-corrected chi connectivity index (χ0v) is 16.0. The van der Waals surface area contributed by atoms with E-state index in [9.17, 15) is 18.0 Å². The number of methoxy groups -OCH3 is 1. The van der Waals surface area contributed by atoms with Crippen molar-refractivity contribution in [3.8, 4) is 5.75 Å². The molecule has 26 heavy (non-hydrogen) atoms. The van der Waals surface area contributed by atoms with Gasteiger partial charge in [0.15, 0.2) is 0 Å². The van der Waals surface area contributed by atoms with Gasteiger partial charge in [-0.25, -0.2) is 13.1 Å². The van der Waals surface area contributed by atoms with Crippen LogP contribution in [0.3, 0.4) is 0 Å². The molecule has 1 fully saturated rings. The predicted octanol–water partition coefficient (Wildman–Crippen LogP) is 1.44. The summed E-state index contributed by atoms with van der Waals surface area (Å²) < 4.78 is 38.1. The number of ether oxygens (including phenoxy) is 2. The minimum Gasteiger partial charge on any atom is -0.495 e. The number of piperidine rings is 1. The highest BCUT2D eigenvalue weighted by Crippen LogP contribution is 2.30. The highest BCUT2D eigenvalue weighted by molar-refractivity contribution is 7.89. The average molecular weight is 384 g/mol. The second-order valence-electron chi connectivity index (χ2n) is 6.13. The van der Waals surface area contributed by atoms with Crippen molar-refractivity contribution in [2.24, 2.45) is 0 Å². The maximum absolute atomic E-state index is 12.6. The van der Waals surface area contributed by atoms with Crippen LogP contribution in [0.4, 0.5) is 5.69 Å². The van der Waals surface area contributed by atoms with Gasteiger partial charge in [-0.2, -0.15) is 0 Å². The van der Waals surface area contributed by atoms with Crippen molar-refractivity contribution in [1.29, 1.82) is 0 Å². The van der Waals surface area contributed by atoms with Gasteiger partial charge < -0.3 is 9.47 Å². The first-order valence-corrected chi connectivity index (χ1v) is 9.89. The van der Waals surface area contributed by atoms with E-state index in [-0.39, 0.29) is 60.2 Å². The molecule has 1 aromatic carbocycles. The van der Waals surface area contributed by atoms with E-state index in [1.54, 1.807) is 0 Å². The molecule has 1 aliphatic rings. The number of hydrogen-bond acceptors (Lipinski definition) is 6. The van der Waals surface area contributed by atoms with Gasteiger partial charge in [0.25, 0.3) is 0 Å². The van der Waals surface area contributed by atoms with Gasteiger partial charge in [-0.05, 0) is 38.5 Å². The number of rotatable bonds is 8. The largest absolute Gasteiger partial charge is 0.495 e. The molecule has 0 bridgehead atoms. The molecule has 0 unspecified atom stereocenters. The van der Waals surface area contributed by atoms with Crippen molar-refractivity contribution in [2.75, 3.05) is 25.2 Å². The molecule has 2 amide bonds. The number of amides is 2. The van der Waals surface area contributed by atoms with Crippen molar-refractivity contribution in [3.63, 3.8) is 0 Å². The molecule has 1 aliphatic heterocycles. The van der Waals surface area contributed by atoms with Gasteiger partial charge in [0.05, 0.1) is 25.5 Å². The molecule has 0 aromatic heterocycles. The maximum atomic E-state index is 12.6. The van der Waals surface area contributed by atoms with Gasteiger partial charge in [-0.1, -0.05) is 0 Å². The Morgan fingerprint density at radius 2 is 1.85 bits per heavy atom. The molecular weight excluding hydrogens is 360 g/mol. The second kappa shape index (κ2) is 8.61. The molecule has 1 heterocycles. The van der Waals surface area contributed by atoms with E-state index in [4.69, 9.17) is 9.47 Å². The van der Waals surface area contributed by atoms with E-state index >= 15 is 0 Å². The lowest BCUT2D eigenvalue weighted by molar-refractivity contribution is -0.129. The number of benzene rings is 1. The number of imide groups is 1. The molecule has 0 saturated carbocycles. The van der Waals surface area contributed by atoms with Crippen LogP contribution >= 0.6 is 0 Å². The Hall–Kier alpha value is -1.97. The third-order valence-corrected chi connectivity index (χ3v) is 5.30. The van der Waals surface area contributed by atoms with Crippen molar-refractivity contribution in [1.82, 2.24) is 4.72 Å². The zero-order valence-electron chi connectivity index (χ0n) is 15.1. The first-order chi connectivity index (χ1) is 12.3. The predicted molar refractivity (Wildman–Crippen MR) is 95.6 cm³/mol. The van der Waals surface area contributed by atoms with Gasteiger partial charge in [-0.3, -0.25) is 14.5 Å². The van der Waals surface area contributed by atoms with Crippen LogP contribution in [0, 0.1) is 0 Å². The number of hydrogen-bond donors (Lipinski definition) is 1. The Labute approximate surface area is 153 Å². The third-order valence-electron chi connectivity index (χ3n) is 3.82. The quantitative estimate of drug-likeness (QED) is 0.537. The average Bonchev–Trinajstić information content (AvgIpc) is 2.58. The number of carbonyl (C=O) groups is 2. The molecule has 9 heteroatoms. The summed E-state index contributed by atoms with van der Waals surface area (Å²) in [7, 11) is -2.55. The Bertz CT molecular complexity index is 759. The van der Waals surface area contributed by atoms with Gasteiger partial charge in [-0.15, -0.1) is 0 Å². The smallest absolute Gasteiger partial charge is 0.244 e. The molecule has 0 aliphatic carbocycles. The molecule has 1 N–H and O–H groups in total. The van der Waals surface area contributed by atoms with Gasteiger partial charge >= 0.3 is 0 Å². The van der Waals surface area contributed by atoms with E-state index in [0.717, 1.165) is 4.90 Å². The Balaban J connectivity index is 2.29. The number of carbonyl (C=O) groups excluding carboxylic acids is 2. The molecule has 0 spiro atoms. The minimum atomic E-state index is -3.90. The van der Waals surface area contributed by atoms with Crippen molar-refractivity contribution < 1.29 is 27.5 Å². The fraction of sp³-hybridized carbons (Fsp3) is 0.529. The van der Waals surface area contributed by atoms with Gasteiger partial charge in [0.2, 0.25) is 21.8 Å². The Morgan fingerprint density at radius 1 is 1.19 bits per heavy atom. The number of anilines is 1. The summed E-state index contributed by atoms with van der Waals surface area (Å²) in [6, 6.07) is 4.22. The Kier molecular flexibility index (Phi) is 6.74. The van der Waals surface area contributed by atoms with Crippen LogP contribution in [0.15, 0.2) is 23.1 Å². The molecular formula is C17H24N2O6S. The van der Waals surface area contributed by atoms with Gasteiger partial charge in [0.1, 0.15) is 10.6 Å². The van der Waals surface area contributed by atoms with Crippen LogP contribution in [-0.2, 0) is 24.3 Å². The summed E-state index contributed by atoms with van der Waals surface area (Å²) in [4.78, 5) is 25.1. The van der Waals surface area contributed by atoms with Crippen LogP contribution in [0.5, 0.6) is 5.75 Å². The summed E-state index contributed by atoms with van der Waals surface area (Å²) in [5, 5.41) is 0. The van der Waals surface area contributed by atoms with Crippen LogP contribution in [0.2, 0.25) is 0 Å². The van der Waals surface area contributed by atoms with Crippen LogP contribution in [0.25, 0.3) is 0 Å².